The van der Waals surface area contributed by atoms with Gasteiger partial charge in [0.15, 0.2) is 0 Å². The molecule has 2 aromatic rings. The Morgan fingerprint density at radius 1 is 1.33 bits per heavy atom. The molecule has 0 aliphatic carbocycles. The van der Waals surface area contributed by atoms with E-state index in [-0.39, 0.29) is 0 Å². The van der Waals surface area contributed by atoms with E-state index in [1.165, 1.54) is 16.5 Å². The van der Waals surface area contributed by atoms with Crippen molar-refractivity contribution in [2.24, 2.45) is 0 Å². The number of rotatable bonds is 3. The highest BCUT2D eigenvalue weighted by molar-refractivity contribution is 9.10. The highest BCUT2D eigenvalue weighted by Gasteiger charge is 2.18. The van der Waals surface area contributed by atoms with E-state index in [4.69, 9.17) is 0 Å². The van der Waals surface area contributed by atoms with Crippen LogP contribution in [0.5, 0.6) is 0 Å². The molecule has 0 amide bonds. The second-order valence-electron chi connectivity index (χ2n) is 5.81. The van der Waals surface area contributed by atoms with Crippen LogP contribution in [0.1, 0.15) is 39.3 Å². The highest BCUT2D eigenvalue weighted by Crippen LogP contribution is 2.29. The molecule has 1 aromatic carbocycles. The molecule has 0 unspecified atom stereocenters. The van der Waals surface area contributed by atoms with Crippen molar-refractivity contribution in [3.05, 3.63) is 34.4 Å². The summed E-state index contributed by atoms with van der Waals surface area (Å²) in [5, 5.41) is 11.2. The number of benzene rings is 1. The standard InChI is InChI=1S/C15H20BrNO/c1-10(2)17-9-11(8-15(3,4)18)13-7-12(16)5-6-14(13)17/h5-7,9-10,18H,8H2,1-4H3. The number of halogens is 1. The molecule has 0 aliphatic rings. The van der Waals surface area contributed by atoms with Crippen molar-refractivity contribution in [3.8, 4) is 0 Å². The summed E-state index contributed by atoms with van der Waals surface area (Å²) < 4.78 is 3.34. The normalized spacial score (nSPS) is 12.6. The van der Waals surface area contributed by atoms with Gasteiger partial charge in [0.25, 0.3) is 0 Å². The Morgan fingerprint density at radius 3 is 2.56 bits per heavy atom. The van der Waals surface area contributed by atoms with Crippen molar-refractivity contribution in [2.75, 3.05) is 0 Å². The molecule has 2 rings (SSSR count). The molecular formula is C15H20BrNO. The first-order valence-corrected chi connectivity index (χ1v) is 7.08. The summed E-state index contributed by atoms with van der Waals surface area (Å²) in [5.41, 5.74) is 1.75. The zero-order valence-corrected chi connectivity index (χ0v) is 13.0. The number of fused-ring (bicyclic) bond motifs is 1. The monoisotopic (exact) mass is 309 g/mol. The predicted molar refractivity (Wildman–Crippen MR) is 80.0 cm³/mol. The zero-order chi connectivity index (χ0) is 13.5. The van der Waals surface area contributed by atoms with E-state index >= 15 is 0 Å². The smallest absolute Gasteiger partial charge is 0.0632 e. The van der Waals surface area contributed by atoms with Gasteiger partial charge in [0.1, 0.15) is 0 Å². The summed E-state index contributed by atoms with van der Waals surface area (Å²) in [4.78, 5) is 0. The summed E-state index contributed by atoms with van der Waals surface area (Å²) in [6.45, 7) is 8.05. The number of nitrogens with zero attached hydrogens (tertiary/aromatic N) is 1. The largest absolute Gasteiger partial charge is 0.390 e. The van der Waals surface area contributed by atoms with Crippen LogP contribution in [0.2, 0.25) is 0 Å². The minimum atomic E-state index is -0.682. The van der Waals surface area contributed by atoms with Gasteiger partial charge in [-0.3, -0.25) is 0 Å². The Kier molecular flexibility index (Phi) is 3.56. The van der Waals surface area contributed by atoms with E-state index in [1.54, 1.807) is 0 Å². The molecule has 3 heteroatoms. The van der Waals surface area contributed by atoms with Crippen molar-refractivity contribution in [1.29, 1.82) is 0 Å². The molecule has 1 aromatic heterocycles. The van der Waals surface area contributed by atoms with E-state index in [2.05, 4.69) is 58.7 Å². The Balaban J connectivity index is 2.62. The fourth-order valence-electron chi connectivity index (χ4n) is 2.33. The first kappa shape index (κ1) is 13.6. The fraction of sp³-hybridized carbons (Fsp3) is 0.467. The SMILES string of the molecule is CC(C)n1cc(CC(C)(C)O)c2cc(Br)ccc21. The van der Waals surface area contributed by atoms with Gasteiger partial charge in [0, 0.05) is 34.0 Å². The third-order valence-corrected chi connectivity index (χ3v) is 3.55. The van der Waals surface area contributed by atoms with E-state index in [0.29, 0.717) is 12.5 Å². The molecule has 0 bridgehead atoms. The Morgan fingerprint density at radius 2 is 2.00 bits per heavy atom. The molecule has 98 valence electrons. The second-order valence-corrected chi connectivity index (χ2v) is 6.72. The van der Waals surface area contributed by atoms with Gasteiger partial charge in [-0.1, -0.05) is 15.9 Å². The first-order valence-electron chi connectivity index (χ1n) is 6.29. The van der Waals surface area contributed by atoms with Crippen LogP contribution in [0.3, 0.4) is 0 Å². The van der Waals surface area contributed by atoms with Crippen LogP contribution in [0.15, 0.2) is 28.9 Å². The quantitative estimate of drug-likeness (QED) is 0.898. The lowest BCUT2D eigenvalue weighted by molar-refractivity contribution is 0.0813. The summed E-state index contributed by atoms with van der Waals surface area (Å²) in [7, 11) is 0. The Labute approximate surface area is 117 Å². The maximum absolute atomic E-state index is 10.0. The van der Waals surface area contributed by atoms with Crippen LogP contribution < -0.4 is 0 Å². The van der Waals surface area contributed by atoms with E-state index < -0.39 is 5.60 Å². The van der Waals surface area contributed by atoms with Crippen molar-refractivity contribution >= 4 is 26.8 Å². The molecular weight excluding hydrogens is 290 g/mol. The van der Waals surface area contributed by atoms with Gasteiger partial charge in [-0.25, -0.2) is 0 Å². The predicted octanol–water partition coefficient (Wildman–Crippen LogP) is 4.30. The van der Waals surface area contributed by atoms with E-state index in [1.807, 2.05) is 13.8 Å². The van der Waals surface area contributed by atoms with Gasteiger partial charge in [-0.2, -0.15) is 0 Å². The summed E-state index contributed by atoms with van der Waals surface area (Å²) in [6.07, 6.45) is 2.83. The van der Waals surface area contributed by atoms with Crippen LogP contribution in [0, 0.1) is 0 Å². The van der Waals surface area contributed by atoms with Gasteiger partial charge in [0.05, 0.1) is 5.60 Å². The van der Waals surface area contributed by atoms with E-state index in [0.717, 1.165) is 4.47 Å². The Hall–Kier alpha value is -0.800. The number of aromatic nitrogens is 1. The maximum Gasteiger partial charge on any atom is 0.0632 e. The average Bonchev–Trinajstić information content (AvgIpc) is 2.54. The van der Waals surface area contributed by atoms with Crippen molar-refractivity contribution < 1.29 is 5.11 Å². The van der Waals surface area contributed by atoms with Gasteiger partial charge in [-0.05, 0) is 51.5 Å². The molecule has 0 saturated carbocycles. The van der Waals surface area contributed by atoms with Crippen LogP contribution in [0.25, 0.3) is 10.9 Å². The Bertz CT molecular complexity index is 564. The molecule has 1 heterocycles. The minimum absolute atomic E-state index is 0.421. The van der Waals surface area contributed by atoms with Gasteiger partial charge >= 0.3 is 0 Å². The van der Waals surface area contributed by atoms with Crippen LogP contribution >= 0.6 is 15.9 Å². The lowest BCUT2D eigenvalue weighted by Gasteiger charge is -2.16. The van der Waals surface area contributed by atoms with Crippen LogP contribution in [-0.2, 0) is 6.42 Å². The lowest BCUT2D eigenvalue weighted by atomic mass is 9.98. The topological polar surface area (TPSA) is 25.2 Å². The number of aliphatic hydroxyl groups is 1. The zero-order valence-electron chi connectivity index (χ0n) is 11.4. The van der Waals surface area contributed by atoms with Crippen molar-refractivity contribution in [3.63, 3.8) is 0 Å². The van der Waals surface area contributed by atoms with Crippen LogP contribution in [-0.4, -0.2) is 15.3 Å². The fourth-order valence-corrected chi connectivity index (χ4v) is 2.69. The van der Waals surface area contributed by atoms with Crippen molar-refractivity contribution in [2.45, 2.75) is 45.8 Å². The number of hydrogen-bond donors (Lipinski definition) is 1. The molecule has 0 atom stereocenters. The molecule has 18 heavy (non-hydrogen) atoms. The van der Waals surface area contributed by atoms with Crippen LogP contribution in [0.4, 0.5) is 0 Å². The van der Waals surface area contributed by atoms with Gasteiger partial charge < -0.3 is 9.67 Å². The maximum atomic E-state index is 10.0. The molecule has 0 fully saturated rings. The highest BCUT2D eigenvalue weighted by atomic mass is 79.9. The van der Waals surface area contributed by atoms with Gasteiger partial charge in [0.2, 0.25) is 0 Å². The molecule has 0 saturated heterocycles. The molecule has 1 N–H and O–H groups in total. The third-order valence-electron chi connectivity index (χ3n) is 3.06. The van der Waals surface area contributed by atoms with Gasteiger partial charge in [-0.15, -0.1) is 0 Å². The lowest BCUT2D eigenvalue weighted by Crippen LogP contribution is -2.21. The number of hydrogen-bond acceptors (Lipinski definition) is 1. The molecule has 2 nitrogen and oxygen atoms in total. The van der Waals surface area contributed by atoms with E-state index in [9.17, 15) is 5.11 Å². The molecule has 0 aliphatic heterocycles. The summed E-state index contributed by atoms with van der Waals surface area (Å²) in [5.74, 6) is 0. The molecule has 0 spiro atoms. The first-order chi connectivity index (χ1) is 8.28. The summed E-state index contributed by atoms with van der Waals surface area (Å²) >= 11 is 3.52. The second kappa shape index (κ2) is 4.71. The molecule has 0 radical (unpaired) electrons. The average molecular weight is 310 g/mol. The summed E-state index contributed by atoms with van der Waals surface area (Å²) in [6, 6.07) is 6.75. The minimum Gasteiger partial charge on any atom is -0.390 e. The third kappa shape index (κ3) is 2.78. The van der Waals surface area contributed by atoms with Crippen molar-refractivity contribution in [1.82, 2.24) is 4.57 Å².